The van der Waals surface area contributed by atoms with Crippen LogP contribution in [0.15, 0.2) is 54.6 Å². The first kappa shape index (κ1) is 14.3. The summed E-state index contributed by atoms with van der Waals surface area (Å²) in [5.41, 5.74) is 3.57. The maximum atomic E-state index is 12.0. The van der Waals surface area contributed by atoms with Gasteiger partial charge in [0, 0.05) is 6.42 Å². The molecule has 0 radical (unpaired) electrons. The van der Waals surface area contributed by atoms with Crippen LogP contribution in [0.25, 0.3) is 0 Å². The number of rotatable bonds is 5. The summed E-state index contributed by atoms with van der Waals surface area (Å²) in [6, 6.07) is 18.4. The van der Waals surface area contributed by atoms with Gasteiger partial charge in [-0.25, -0.2) is 0 Å². The van der Waals surface area contributed by atoms with E-state index < -0.39 is 0 Å². The molecular weight excluding hydrogens is 246 g/mol. The van der Waals surface area contributed by atoms with Crippen LogP contribution in [0, 0.1) is 6.92 Å². The molecule has 0 spiro atoms. The lowest BCUT2D eigenvalue weighted by molar-refractivity contribution is -0.121. The van der Waals surface area contributed by atoms with E-state index in [1.54, 1.807) is 0 Å². The molecule has 2 rings (SSSR count). The van der Waals surface area contributed by atoms with E-state index in [1.165, 1.54) is 11.1 Å². The fourth-order valence-electron chi connectivity index (χ4n) is 2.15. The number of nitrogens with one attached hydrogen (secondary N) is 1. The van der Waals surface area contributed by atoms with E-state index in [2.05, 4.69) is 48.6 Å². The normalized spacial score (nSPS) is 11.9. The Bertz CT molecular complexity index is 545. The van der Waals surface area contributed by atoms with Crippen molar-refractivity contribution in [2.24, 2.45) is 0 Å². The van der Waals surface area contributed by atoms with E-state index in [4.69, 9.17) is 0 Å². The molecule has 1 amide bonds. The SMILES string of the molecule is Cc1ccc([C@H](C)NC(=O)CCc2ccccc2)cc1. The molecule has 0 fully saturated rings. The Morgan fingerprint density at radius 3 is 2.35 bits per heavy atom. The van der Waals surface area contributed by atoms with Crippen molar-refractivity contribution >= 4 is 5.91 Å². The van der Waals surface area contributed by atoms with Crippen LogP contribution in [0.1, 0.15) is 36.1 Å². The lowest BCUT2D eigenvalue weighted by Gasteiger charge is -2.14. The van der Waals surface area contributed by atoms with E-state index in [1.807, 2.05) is 25.1 Å². The number of carbonyl (C=O) groups excluding carboxylic acids is 1. The van der Waals surface area contributed by atoms with Gasteiger partial charge in [-0.2, -0.15) is 0 Å². The number of amides is 1. The van der Waals surface area contributed by atoms with Crippen molar-refractivity contribution in [3.8, 4) is 0 Å². The molecule has 0 aliphatic rings. The van der Waals surface area contributed by atoms with Gasteiger partial charge in [0.15, 0.2) is 0 Å². The molecule has 1 N–H and O–H groups in total. The molecule has 2 heteroatoms. The summed E-state index contributed by atoms with van der Waals surface area (Å²) < 4.78 is 0. The Morgan fingerprint density at radius 1 is 1.05 bits per heavy atom. The van der Waals surface area contributed by atoms with E-state index in [0.29, 0.717) is 6.42 Å². The van der Waals surface area contributed by atoms with Gasteiger partial charge in [0.25, 0.3) is 0 Å². The standard InChI is InChI=1S/C18H21NO/c1-14-8-11-17(12-9-14)15(2)19-18(20)13-10-16-6-4-3-5-7-16/h3-9,11-12,15H,10,13H2,1-2H3,(H,19,20)/t15-/m0/s1. The Morgan fingerprint density at radius 2 is 1.70 bits per heavy atom. The number of aryl methyl sites for hydroxylation is 2. The van der Waals surface area contributed by atoms with Gasteiger partial charge in [0.2, 0.25) is 5.91 Å². The zero-order valence-corrected chi connectivity index (χ0v) is 12.1. The first-order chi connectivity index (χ1) is 9.65. The van der Waals surface area contributed by atoms with Crippen molar-refractivity contribution in [1.82, 2.24) is 5.32 Å². The predicted octanol–water partition coefficient (Wildman–Crippen LogP) is 3.81. The van der Waals surface area contributed by atoms with Crippen molar-refractivity contribution < 1.29 is 4.79 Å². The van der Waals surface area contributed by atoms with Crippen LogP contribution >= 0.6 is 0 Å². The molecule has 2 aromatic carbocycles. The zero-order valence-electron chi connectivity index (χ0n) is 12.1. The molecule has 2 aromatic rings. The van der Waals surface area contributed by atoms with Gasteiger partial charge in [-0.1, -0.05) is 60.2 Å². The third-order valence-electron chi connectivity index (χ3n) is 3.44. The highest BCUT2D eigenvalue weighted by Gasteiger charge is 2.09. The van der Waals surface area contributed by atoms with Gasteiger partial charge < -0.3 is 5.32 Å². The van der Waals surface area contributed by atoms with E-state index in [0.717, 1.165) is 12.0 Å². The van der Waals surface area contributed by atoms with E-state index in [9.17, 15) is 4.79 Å². The molecule has 0 saturated carbocycles. The fourth-order valence-corrected chi connectivity index (χ4v) is 2.15. The van der Waals surface area contributed by atoms with Gasteiger partial charge in [-0.05, 0) is 31.4 Å². The first-order valence-corrected chi connectivity index (χ1v) is 7.05. The highest BCUT2D eigenvalue weighted by molar-refractivity contribution is 5.76. The Hall–Kier alpha value is -2.09. The molecule has 20 heavy (non-hydrogen) atoms. The van der Waals surface area contributed by atoms with Crippen LogP contribution in [0.5, 0.6) is 0 Å². The van der Waals surface area contributed by atoms with Crippen LogP contribution in [0.3, 0.4) is 0 Å². The van der Waals surface area contributed by atoms with Gasteiger partial charge in [-0.3, -0.25) is 4.79 Å². The molecule has 0 unspecified atom stereocenters. The van der Waals surface area contributed by atoms with E-state index in [-0.39, 0.29) is 11.9 Å². The maximum Gasteiger partial charge on any atom is 0.220 e. The molecule has 104 valence electrons. The average Bonchev–Trinajstić information content (AvgIpc) is 2.47. The van der Waals surface area contributed by atoms with Crippen molar-refractivity contribution in [3.63, 3.8) is 0 Å². The summed E-state index contributed by atoms with van der Waals surface area (Å²) in [6.07, 6.45) is 1.31. The lowest BCUT2D eigenvalue weighted by Crippen LogP contribution is -2.26. The highest BCUT2D eigenvalue weighted by atomic mass is 16.1. The number of hydrogen-bond acceptors (Lipinski definition) is 1. The molecule has 0 aliphatic heterocycles. The second-order valence-corrected chi connectivity index (χ2v) is 5.19. The summed E-state index contributed by atoms with van der Waals surface area (Å²) in [5, 5.41) is 3.05. The third kappa shape index (κ3) is 4.23. The Kier molecular flexibility index (Phi) is 4.94. The molecule has 2 nitrogen and oxygen atoms in total. The second-order valence-electron chi connectivity index (χ2n) is 5.19. The summed E-state index contributed by atoms with van der Waals surface area (Å²) in [7, 11) is 0. The monoisotopic (exact) mass is 267 g/mol. The minimum Gasteiger partial charge on any atom is -0.350 e. The molecular formula is C18H21NO. The minimum absolute atomic E-state index is 0.0545. The predicted molar refractivity (Wildman–Crippen MR) is 82.5 cm³/mol. The van der Waals surface area contributed by atoms with Crippen LogP contribution in [0.2, 0.25) is 0 Å². The van der Waals surface area contributed by atoms with Gasteiger partial charge >= 0.3 is 0 Å². The van der Waals surface area contributed by atoms with Gasteiger partial charge in [-0.15, -0.1) is 0 Å². The van der Waals surface area contributed by atoms with Crippen LogP contribution in [-0.4, -0.2) is 5.91 Å². The van der Waals surface area contributed by atoms with Crippen LogP contribution < -0.4 is 5.32 Å². The lowest BCUT2D eigenvalue weighted by atomic mass is 10.1. The first-order valence-electron chi connectivity index (χ1n) is 7.05. The van der Waals surface area contributed by atoms with Crippen molar-refractivity contribution in [1.29, 1.82) is 0 Å². The third-order valence-corrected chi connectivity index (χ3v) is 3.44. The molecule has 0 saturated heterocycles. The van der Waals surface area contributed by atoms with E-state index >= 15 is 0 Å². The molecule has 0 aliphatic carbocycles. The average molecular weight is 267 g/mol. The minimum atomic E-state index is 0.0545. The summed E-state index contributed by atoms with van der Waals surface area (Å²) in [5.74, 6) is 0.0990. The molecule has 1 atom stereocenters. The van der Waals surface area contributed by atoms with Gasteiger partial charge in [0.1, 0.15) is 0 Å². The second kappa shape index (κ2) is 6.90. The number of benzene rings is 2. The molecule has 0 bridgehead atoms. The van der Waals surface area contributed by atoms with Crippen molar-refractivity contribution in [3.05, 3.63) is 71.3 Å². The largest absolute Gasteiger partial charge is 0.350 e. The van der Waals surface area contributed by atoms with Gasteiger partial charge in [0.05, 0.1) is 6.04 Å². The molecule has 0 heterocycles. The smallest absolute Gasteiger partial charge is 0.220 e. The highest BCUT2D eigenvalue weighted by Crippen LogP contribution is 2.13. The summed E-state index contributed by atoms with van der Waals surface area (Å²) in [6.45, 7) is 4.08. The Balaban J connectivity index is 1.83. The summed E-state index contributed by atoms with van der Waals surface area (Å²) in [4.78, 5) is 12.0. The topological polar surface area (TPSA) is 29.1 Å². The van der Waals surface area contributed by atoms with Crippen molar-refractivity contribution in [2.75, 3.05) is 0 Å². The zero-order chi connectivity index (χ0) is 14.4. The fraction of sp³-hybridized carbons (Fsp3) is 0.278. The maximum absolute atomic E-state index is 12.0. The quantitative estimate of drug-likeness (QED) is 0.877. The number of hydrogen-bond donors (Lipinski definition) is 1. The summed E-state index contributed by atoms with van der Waals surface area (Å²) >= 11 is 0. The van der Waals surface area contributed by atoms with Crippen molar-refractivity contribution in [2.45, 2.75) is 32.7 Å². The van der Waals surface area contributed by atoms with Crippen LogP contribution in [0.4, 0.5) is 0 Å². The Labute approximate surface area is 120 Å². The number of carbonyl (C=O) groups is 1. The van der Waals surface area contributed by atoms with Crippen LogP contribution in [-0.2, 0) is 11.2 Å². The molecule has 0 aromatic heterocycles.